The Hall–Kier alpha value is -3.17. The van der Waals surface area contributed by atoms with Gasteiger partial charge in [0.15, 0.2) is 5.69 Å². The fourth-order valence-electron chi connectivity index (χ4n) is 4.05. The second-order valence-electron chi connectivity index (χ2n) is 8.14. The average molecular weight is 430 g/mol. The zero-order valence-corrected chi connectivity index (χ0v) is 16.9. The minimum atomic E-state index is -4.60. The van der Waals surface area contributed by atoms with E-state index in [9.17, 15) is 18.0 Å². The van der Waals surface area contributed by atoms with Crippen molar-refractivity contribution in [1.82, 2.24) is 29.9 Å². The summed E-state index contributed by atoms with van der Waals surface area (Å²) in [5.41, 5.74) is 2.55. The second-order valence-corrected chi connectivity index (χ2v) is 8.14. The van der Waals surface area contributed by atoms with Gasteiger partial charge < -0.3 is 5.32 Å². The monoisotopic (exact) mass is 430 g/mol. The molecule has 0 bridgehead atoms. The molecule has 3 aromatic heterocycles. The lowest BCUT2D eigenvalue weighted by Gasteiger charge is -2.22. The summed E-state index contributed by atoms with van der Waals surface area (Å²) < 4.78 is 41.5. The fourth-order valence-corrected chi connectivity index (χ4v) is 4.05. The number of carbonyl (C=O) groups is 1. The number of halogens is 3. The molecule has 0 saturated heterocycles. The van der Waals surface area contributed by atoms with E-state index < -0.39 is 17.8 Å². The Morgan fingerprint density at radius 1 is 1.19 bits per heavy atom. The van der Waals surface area contributed by atoms with Gasteiger partial charge in [-0.1, -0.05) is 0 Å². The standard InChI is InChI=1S/C21H21F3N6O/c1-29-18(10-19(28-29)21(22,23)24)20(31)26-15-3-2-4-16-14(15)11-30(27-16)13-7-8-25-17(9-13)12-5-6-12/h7-12,15H,2-6H2,1H3,(H,26,31). The van der Waals surface area contributed by atoms with Crippen LogP contribution < -0.4 is 5.32 Å². The van der Waals surface area contributed by atoms with Crippen LogP contribution in [0.3, 0.4) is 0 Å². The molecule has 0 aromatic carbocycles. The Balaban J connectivity index is 1.39. The molecule has 31 heavy (non-hydrogen) atoms. The van der Waals surface area contributed by atoms with Crippen LogP contribution in [0.5, 0.6) is 0 Å². The summed E-state index contributed by atoms with van der Waals surface area (Å²) in [5, 5.41) is 11.0. The number of pyridine rings is 1. The number of carbonyl (C=O) groups excluding carboxylic acids is 1. The van der Waals surface area contributed by atoms with E-state index in [0.717, 1.165) is 59.1 Å². The molecule has 1 amide bonds. The highest BCUT2D eigenvalue weighted by Gasteiger charge is 2.36. The number of aromatic nitrogens is 5. The zero-order valence-electron chi connectivity index (χ0n) is 16.9. The lowest BCUT2D eigenvalue weighted by Crippen LogP contribution is -2.31. The van der Waals surface area contributed by atoms with E-state index in [1.165, 1.54) is 7.05 Å². The summed E-state index contributed by atoms with van der Waals surface area (Å²) >= 11 is 0. The minimum absolute atomic E-state index is 0.130. The van der Waals surface area contributed by atoms with Gasteiger partial charge >= 0.3 is 6.18 Å². The molecule has 7 nitrogen and oxygen atoms in total. The Morgan fingerprint density at radius 3 is 2.71 bits per heavy atom. The first kappa shape index (κ1) is 19.8. The molecule has 10 heteroatoms. The van der Waals surface area contributed by atoms with Crippen LogP contribution in [-0.4, -0.2) is 30.5 Å². The van der Waals surface area contributed by atoms with Crippen LogP contribution in [0.2, 0.25) is 0 Å². The van der Waals surface area contributed by atoms with Gasteiger partial charge in [-0.2, -0.15) is 23.4 Å². The number of rotatable bonds is 4. The van der Waals surface area contributed by atoms with Crippen molar-refractivity contribution in [2.24, 2.45) is 7.05 Å². The minimum Gasteiger partial charge on any atom is -0.344 e. The highest BCUT2D eigenvalue weighted by atomic mass is 19.4. The topological polar surface area (TPSA) is 77.6 Å². The normalized spacial score (nSPS) is 18.6. The molecule has 1 saturated carbocycles. The average Bonchev–Trinajstić information content (AvgIpc) is 3.35. The lowest BCUT2D eigenvalue weighted by atomic mass is 9.93. The number of aryl methyl sites for hydroxylation is 2. The van der Waals surface area contributed by atoms with E-state index >= 15 is 0 Å². The Kier molecular flexibility index (Phi) is 4.60. The molecule has 1 atom stereocenters. The maximum absolute atomic E-state index is 12.9. The maximum atomic E-state index is 12.9. The van der Waals surface area contributed by atoms with Gasteiger partial charge in [0.1, 0.15) is 5.69 Å². The molecule has 0 aliphatic heterocycles. The van der Waals surface area contributed by atoms with Crippen LogP contribution in [0.4, 0.5) is 13.2 Å². The van der Waals surface area contributed by atoms with E-state index in [1.54, 1.807) is 10.9 Å². The van der Waals surface area contributed by atoms with Gasteiger partial charge in [-0.05, 0) is 44.2 Å². The molecule has 2 aliphatic rings. The van der Waals surface area contributed by atoms with Crippen molar-refractivity contribution in [1.29, 1.82) is 0 Å². The summed E-state index contributed by atoms with van der Waals surface area (Å²) in [4.78, 5) is 17.2. The molecule has 162 valence electrons. The first-order valence-corrected chi connectivity index (χ1v) is 10.3. The predicted molar refractivity (Wildman–Crippen MR) is 105 cm³/mol. The molecule has 0 spiro atoms. The van der Waals surface area contributed by atoms with E-state index in [2.05, 4.69) is 15.4 Å². The number of nitrogens with one attached hydrogen (secondary N) is 1. The first-order valence-electron chi connectivity index (χ1n) is 10.3. The number of hydrogen-bond acceptors (Lipinski definition) is 4. The molecule has 1 N–H and O–H groups in total. The third-order valence-corrected chi connectivity index (χ3v) is 5.84. The van der Waals surface area contributed by atoms with E-state index in [4.69, 9.17) is 5.10 Å². The van der Waals surface area contributed by atoms with Gasteiger partial charge in [-0.15, -0.1) is 0 Å². The number of fused-ring (bicyclic) bond motifs is 1. The number of hydrogen-bond donors (Lipinski definition) is 1. The van der Waals surface area contributed by atoms with Crippen molar-refractivity contribution in [2.45, 2.75) is 50.2 Å². The molecule has 3 aromatic rings. The second kappa shape index (κ2) is 7.21. The summed E-state index contributed by atoms with van der Waals surface area (Å²) in [6, 6.07) is 4.39. The summed E-state index contributed by atoms with van der Waals surface area (Å²) in [5.74, 6) is -0.0614. The summed E-state index contributed by atoms with van der Waals surface area (Å²) in [7, 11) is 1.33. The maximum Gasteiger partial charge on any atom is 0.435 e. The smallest absolute Gasteiger partial charge is 0.344 e. The summed E-state index contributed by atoms with van der Waals surface area (Å²) in [6.45, 7) is 0. The van der Waals surface area contributed by atoms with Gasteiger partial charge in [-0.25, -0.2) is 4.68 Å². The lowest BCUT2D eigenvalue weighted by molar-refractivity contribution is -0.141. The van der Waals surface area contributed by atoms with E-state index in [0.29, 0.717) is 12.3 Å². The van der Waals surface area contributed by atoms with Crippen LogP contribution >= 0.6 is 0 Å². The van der Waals surface area contributed by atoms with Crippen molar-refractivity contribution in [2.75, 3.05) is 0 Å². The third-order valence-electron chi connectivity index (χ3n) is 5.84. The van der Waals surface area contributed by atoms with Crippen molar-refractivity contribution in [3.05, 3.63) is 58.9 Å². The van der Waals surface area contributed by atoms with Crippen molar-refractivity contribution >= 4 is 5.91 Å². The molecule has 3 heterocycles. The highest BCUT2D eigenvalue weighted by Crippen LogP contribution is 2.39. The molecule has 1 fully saturated rings. The third kappa shape index (κ3) is 3.82. The zero-order chi connectivity index (χ0) is 21.8. The largest absolute Gasteiger partial charge is 0.435 e. The van der Waals surface area contributed by atoms with Gasteiger partial charge in [0.2, 0.25) is 0 Å². The van der Waals surface area contributed by atoms with E-state index in [-0.39, 0.29) is 11.7 Å². The van der Waals surface area contributed by atoms with Crippen LogP contribution in [0.15, 0.2) is 30.6 Å². The Labute approximate surface area is 176 Å². The predicted octanol–water partition coefficient (Wildman–Crippen LogP) is 3.70. The van der Waals surface area contributed by atoms with Crippen LogP contribution in [0.1, 0.15) is 70.8 Å². The van der Waals surface area contributed by atoms with Crippen LogP contribution in [-0.2, 0) is 19.6 Å². The molecular weight excluding hydrogens is 409 g/mol. The highest BCUT2D eigenvalue weighted by molar-refractivity contribution is 5.93. The number of nitrogens with zero attached hydrogens (tertiary/aromatic N) is 5. The molecule has 5 rings (SSSR count). The molecule has 1 unspecified atom stereocenters. The van der Waals surface area contributed by atoms with Crippen molar-refractivity contribution in [3.8, 4) is 5.69 Å². The Morgan fingerprint density at radius 2 is 2.00 bits per heavy atom. The first-order chi connectivity index (χ1) is 14.8. The molecular formula is C21H21F3N6O. The van der Waals surface area contributed by atoms with Crippen molar-refractivity contribution in [3.63, 3.8) is 0 Å². The fraction of sp³-hybridized carbons (Fsp3) is 0.429. The number of alkyl halides is 3. The van der Waals surface area contributed by atoms with Gasteiger partial charge in [0, 0.05) is 42.7 Å². The molecule has 2 aliphatic carbocycles. The summed E-state index contributed by atoms with van der Waals surface area (Å²) in [6.07, 6.45) is 3.71. The van der Waals surface area contributed by atoms with Gasteiger partial charge in [0.05, 0.1) is 17.4 Å². The van der Waals surface area contributed by atoms with E-state index in [1.807, 2.05) is 18.3 Å². The van der Waals surface area contributed by atoms with Crippen molar-refractivity contribution < 1.29 is 18.0 Å². The van der Waals surface area contributed by atoms with Crippen LogP contribution in [0.25, 0.3) is 5.69 Å². The Bertz CT molecular complexity index is 1140. The van der Waals surface area contributed by atoms with Crippen LogP contribution in [0, 0.1) is 0 Å². The number of amides is 1. The van der Waals surface area contributed by atoms with Gasteiger partial charge in [0.25, 0.3) is 5.91 Å². The van der Waals surface area contributed by atoms with Gasteiger partial charge in [-0.3, -0.25) is 14.5 Å². The quantitative estimate of drug-likeness (QED) is 0.685. The SMILES string of the molecule is Cn1nc(C(F)(F)F)cc1C(=O)NC1CCCc2nn(-c3ccnc(C4CC4)c3)cc21. The molecule has 0 radical (unpaired) electrons.